The quantitative estimate of drug-likeness (QED) is 0.0659. The van der Waals surface area contributed by atoms with Crippen molar-refractivity contribution in [3.05, 3.63) is 261 Å². The molecule has 0 amide bonds. The number of fused-ring (bicyclic) bond motifs is 2. The molecule has 1 aliphatic rings. The van der Waals surface area contributed by atoms with Gasteiger partial charge in [0.15, 0.2) is 0 Å². The zero-order valence-corrected chi connectivity index (χ0v) is 42.9. The van der Waals surface area contributed by atoms with Crippen molar-refractivity contribution in [3.63, 3.8) is 0 Å². The summed E-state index contributed by atoms with van der Waals surface area (Å²) in [5, 5.41) is 28.8. The number of hydrogen-bond donors (Lipinski definition) is 0. The Kier molecular flexibility index (Phi) is 14.7. The van der Waals surface area contributed by atoms with E-state index >= 15 is 0 Å². The van der Waals surface area contributed by atoms with Gasteiger partial charge in [0.2, 0.25) is 0 Å². The fourth-order valence-corrected chi connectivity index (χ4v) is 15.3. The van der Waals surface area contributed by atoms with Gasteiger partial charge in [-0.3, -0.25) is 0 Å². The molecule has 9 rings (SSSR count). The van der Waals surface area contributed by atoms with E-state index < -0.39 is 7.26 Å². The van der Waals surface area contributed by atoms with Gasteiger partial charge < -0.3 is 0 Å². The Balaban J connectivity index is 1.22. The predicted octanol–water partition coefficient (Wildman–Crippen LogP) is 12.5. The van der Waals surface area contributed by atoms with Crippen molar-refractivity contribution in [3.8, 4) is 50.6 Å². The second-order valence-electron chi connectivity index (χ2n) is 16.9. The minimum Gasteiger partial charge on any atom is -0.226 e. The molecule has 7 heteroatoms. The minimum absolute atomic E-state index is 0.0711. The summed E-state index contributed by atoms with van der Waals surface area (Å²) < 4.78 is 9.76. The molecule has 0 unspecified atom stereocenters. The van der Waals surface area contributed by atoms with E-state index in [9.17, 15) is 10.5 Å². The molecule has 0 bridgehead atoms. The third-order valence-electron chi connectivity index (χ3n) is 12.9. The maximum absolute atomic E-state index is 10.4. The molecule has 72 heavy (non-hydrogen) atoms. The monoisotopic (exact) mass is 1120 g/mol. The third kappa shape index (κ3) is 9.24. The summed E-state index contributed by atoms with van der Waals surface area (Å²) in [6, 6.07) is 64.4. The van der Waals surface area contributed by atoms with Crippen LogP contribution in [0.1, 0.15) is 25.0 Å². The van der Waals surface area contributed by atoms with Gasteiger partial charge in [0, 0.05) is 10.4 Å². The van der Waals surface area contributed by atoms with Gasteiger partial charge in [-0.05, 0) is 45.8 Å². The summed E-state index contributed by atoms with van der Waals surface area (Å²) in [5.41, 5.74) is 8.39. The van der Waals surface area contributed by atoms with E-state index in [0.29, 0.717) is 45.2 Å². The van der Waals surface area contributed by atoms with E-state index in [0.717, 1.165) is 55.4 Å². The average molecular weight is 1120 g/mol. The number of hydrogen-bond acceptors (Lipinski definition) is 3. The molecule has 0 radical (unpaired) electrons. The van der Waals surface area contributed by atoms with Crippen LogP contribution in [0.15, 0.2) is 216 Å². The molecule has 1 saturated heterocycles. The Hall–Kier alpha value is -8.69. The van der Waals surface area contributed by atoms with Gasteiger partial charge in [-0.1, -0.05) is 48.6 Å². The smallest absolute Gasteiger partial charge is 0.226 e. The minimum atomic E-state index is -2.57. The molecule has 1 aliphatic heterocycles. The van der Waals surface area contributed by atoms with E-state index in [1.165, 1.54) is 15.9 Å². The normalized spacial score (nSPS) is 14.6. The molecule has 8 aromatic rings. The molecule has 0 N–H and O–H groups in total. The Bertz CT molecular complexity index is 3870. The molecule has 0 aromatic heterocycles. The number of nitrogens with zero attached hydrogens (tertiary/aromatic N) is 4. The Morgan fingerprint density at radius 2 is 1.04 bits per heavy atom. The van der Waals surface area contributed by atoms with Crippen molar-refractivity contribution in [2.24, 2.45) is 0 Å². The number of nitriles is 2. The Labute approximate surface area is 431 Å². The van der Waals surface area contributed by atoms with Crippen molar-refractivity contribution < 1.29 is 22.7 Å². The molecule has 1 heterocycles. The second kappa shape index (κ2) is 21.9. The van der Waals surface area contributed by atoms with E-state index in [4.69, 9.17) is 17.9 Å². The van der Waals surface area contributed by atoms with E-state index in [1.807, 2.05) is 111 Å². The summed E-state index contributed by atoms with van der Waals surface area (Å²) in [6.07, 6.45) is 8.34. The number of benzene rings is 8. The molecule has 0 saturated carbocycles. The van der Waals surface area contributed by atoms with Crippen LogP contribution in [0, 0.1) is 52.0 Å². The van der Waals surface area contributed by atoms with Crippen LogP contribution in [-0.2, 0) is 22.7 Å². The molecule has 5 nitrogen and oxygen atoms in total. The first-order valence-corrected chi connectivity index (χ1v) is 26.2. The van der Waals surface area contributed by atoms with Crippen molar-refractivity contribution in [2.45, 2.75) is 13.8 Å². The second-order valence-corrected chi connectivity index (χ2v) is 20.8. The maximum atomic E-state index is 10.4. The zero-order chi connectivity index (χ0) is 50.0. The first-order valence-electron chi connectivity index (χ1n) is 23.2. The Morgan fingerprint density at radius 1 is 0.583 bits per heavy atom. The van der Waals surface area contributed by atoms with Gasteiger partial charge in [-0.15, -0.1) is 0 Å². The van der Waals surface area contributed by atoms with Crippen LogP contribution in [0.2, 0.25) is 0 Å². The number of allylic oxidation sites excluding steroid dienone is 5. The van der Waals surface area contributed by atoms with Gasteiger partial charge in [-0.25, -0.2) is 20.2 Å². The molecule has 8 aromatic carbocycles. The number of rotatable bonds is 8. The fourth-order valence-electron chi connectivity index (χ4n) is 9.51. The summed E-state index contributed by atoms with van der Waals surface area (Å²) in [6.45, 7) is 21.2. The number of ether oxygens (including phenoxy) is 1. The Morgan fingerprint density at radius 3 is 1.47 bits per heavy atom. The van der Waals surface area contributed by atoms with Crippen molar-refractivity contribution in [2.75, 3.05) is 13.2 Å². The molecular weight excluding hydrogens is 1070 g/mol. The summed E-state index contributed by atoms with van der Waals surface area (Å²) in [5.74, 6) is 7.23. The van der Waals surface area contributed by atoms with E-state index in [-0.39, 0.29) is 11.4 Å². The molecule has 0 spiro atoms. The van der Waals surface area contributed by atoms with Crippen LogP contribution in [0.4, 0.5) is 0 Å². The van der Waals surface area contributed by atoms with Crippen LogP contribution in [-0.4, -0.2) is 13.2 Å². The molecule has 341 valence electrons. The van der Waals surface area contributed by atoms with Crippen molar-refractivity contribution in [1.82, 2.24) is 0 Å². The molecule has 1 fully saturated rings. The van der Waals surface area contributed by atoms with Gasteiger partial charge in [-0.2, -0.15) is 0 Å². The van der Waals surface area contributed by atoms with E-state index in [2.05, 4.69) is 141 Å². The average Bonchev–Trinajstić information content (AvgIpc) is 3.90. The predicted molar refractivity (Wildman–Crippen MR) is 293 cm³/mol. The standard InChI is InChI=1S/C65H43N4OP.Os/c1-6-17-46-24-29-49(30-25-46)52-34-36-58-60(39-52)64(62(41-66)68-4)59-37-35-53(40-61(59)65(58)63(42-67)69-5)50-31-26-47(27-32-50)28-33-51(38-54-44-70-43-48(54)7-2)45(3)71(55-18-11-8-12-19-55,56-20-13-9-14-21-56)57-22-15-10-16-23-57;/h6-27,29-32,34-40H,43-44H2,1-2H3;/q+1;/b17-6+,48-7?,51-45?,54-38?,64-62+,65-63-;. The van der Waals surface area contributed by atoms with Gasteiger partial charge >= 0.3 is 272 Å². The fraction of sp³-hybridized carbons (Fsp3) is 0.0615. The summed E-state index contributed by atoms with van der Waals surface area (Å²) >= 11 is 1.73. The molecule has 0 atom stereocenters. The zero-order valence-electron chi connectivity index (χ0n) is 39.5. The van der Waals surface area contributed by atoms with Gasteiger partial charge in [0.25, 0.3) is 11.4 Å². The van der Waals surface area contributed by atoms with Crippen LogP contribution >= 0.6 is 7.26 Å². The molecule has 0 aliphatic carbocycles. The SMILES string of the molecule is [C-]#[N+]/C(C#N)=c1\c2cc(-c3ccc(C#CC(C=C4COCC4=CC)=C([C]#[Os])[P+](c4ccccc4)(c4ccccc4)c4ccccc4)cc3)ccc2/c(=C(/C#N)[N+]#[C-])c2cc(-c3ccc(/C=C/C)cc3)ccc12. The first kappa shape index (κ1) is 48.3. The van der Waals surface area contributed by atoms with Crippen LogP contribution in [0.25, 0.3) is 71.0 Å². The molecular formula is C65H43N4OOsP+. The van der Waals surface area contributed by atoms with Crippen LogP contribution in [0.5, 0.6) is 0 Å². The van der Waals surface area contributed by atoms with E-state index in [1.54, 1.807) is 17.9 Å². The summed E-state index contributed by atoms with van der Waals surface area (Å²) in [4.78, 5) is 7.40. The van der Waals surface area contributed by atoms with Gasteiger partial charge in [0.05, 0.1) is 25.3 Å². The van der Waals surface area contributed by atoms with Gasteiger partial charge in [0.1, 0.15) is 0 Å². The first-order chi connectivity index (χ1) is 35.4. The van der Waals surface area contributed by atoms with Crippen molar-refractivity contribution in [1.29, 1.82) is 10.5 Å². The topological polar surface area (TPSA) is 65.5 Å². The van der Waals surface area contributed by atoms with Crippen LogP contribution in [0.3, 0.4) is 0 Å². The van der Waals surface area contributed by atoms with Crippen LogP contribution < -0.4 is 26.4 Å². The third-order valence-corrected chi connectivity index (χ3v) is 18.3. The summed E-state index contributed by atoms with van der Waals surface area (Å²) in [7, 11) is -2.57. The van der Waals surface area contributed by atoms with Crippen molar-refractivity contribution >= 4 is 62.2 Å².